The van der Waals surface area contributed by atoms with E-state index in [2.05, 4.69) is 11.3 Å². The van der Waals surface area contributed by atoms with Gasteiger partial charge >= 0.3 is 5.97 Å². The predicted molar refractivity (Wildman–Crippen MR) is 82.1 cm³/mol. The van der Waals surface area contributed by atoms with Gasteiger partial charge in [-0.1, -0.05) is 36.4 Å². The minimum Gasteiger partial charge on any atom is -0.459 e. The zero-order valence-electron chi connectivity index (χ0n) is 12.5. The maximum atomic E-state index is 12.3. The number of nitrogens with one attached hydrogen (secondary N) is 1. The summed E-state index contributed by atoms with van der Waals surface area (Å²) in [6.45, 7) is 8.58. The smallest absolute Gasteiger partial charge is 0.329 e. The second-order valence-corrected chi connectivity index (χ2v) is 7.36. The Morgan fingerprint density at radius 2 is 1.90 bits per heavy atom. The number of sulfonamides is 1. The molecule has 0 unspecified atom stereocenters. The molecule has 0 fully saturated rings. The normalized spacial score (nSPS) is 13.5. The van der Waals surface area contributed by atoms with E-state index in [0.717, 1.165) is 0 Å². The molecule has 0 saturated heterocycles. The van der Waals surface area contributed by atoms with Gasteiger partial charge in [-0.3, -0.25) is 0 Å². The van der Waals surface area contributed by atoms with Crippen molar-refractivity contribution in [2.45, 2.75) is 32.4 Å². The molecule has 1 N–H and O–H groups in total. The molecular weight excluding hydrogens is 290 g/mol. The van der Waals surface area contributed by atoms with E-state index in [1.54, 1.807) is 51.1 Å². The van der Waals surface area contributed by atoms with E-state index in [-0.39, 0.29) is 5.75 Å². The Balaban J connectivity index is 3.07. The molecule has 21 heavy (non-hydrogen) atoms. The van der Waals surface area contributed by atoms with Crippen LogP contribution >= 0.6 is 0 Å². The Morgan fingerprint density at radius 3 is 2.38 bits per heavy atom. The molecule has 1 aromatic carbocycles. The van der Waals surface area contributed by atoms with Crippen molar-refractivity contribution in [2.75, 3.05) is 5.75 Å². The van der Waals surface area contributed by atoms with Gasteiger partial charge in [0.25, 0.3) is 0 Å². The molecule has 0 saturated carbocycles. The van der Waals surface area contributed by atoms with Gasteiger partial charge in [-0.15, -0.1) is 6.58 Å². The summed E-state index contributed by atoms with van der Waals surface area (Å²) in [5.74, 6) is -0.902. The van der Waals surface area contributed by atoms with E-state index >= 15 is 0 Å². The lowest BCUT2D eigenvalue weighted by Crippen LogP contribution is -2.38. The maximum Gasteiger partial charge on any atom is 0.329 e. The van der Waals surface area contributed by atoms with Gasteiger partial charge in [0, 0.05) is 0 Å². The Bertz CT molecular complexity index is 588. The monoisotopic (exact) mass is 311 g/mol. The first-order valence-corrected chi connectivity index (χ1v) is 8.18. The molecular formula is C15H21NO4S. The standard InChI is InChI=1S/C15H21NO4S/c1-5-11-21(18,19)16-13(12-9-7-6-8-10-12)14(17)20-15(2,3)4/h5-10,13,16H,1,11H2,2-4H3/t13-/m1/s1. The fraction of sp³-hybridized carbons (Fsp3) is 0.400. The second-order valence-electron chi connectivity index (χ2n) is 5.57. The first-order chi connectivity index (χ1) is 9.64. The van der Waals surface area contributed by atoms with Crippen molar-refractivity contribution < 1.29 is 17.9 Å². The van der Waals surface area contributed by atoms with Gasteiger partial charge < -0.3 is 4.74 Å². The lowest BCUT2D eigenvalue weighted by Gasteiger charge is -2.24. The van der Waals surface area contributed by atoms with Crippen LogP contribution in [0.1, 0.15) is 32.4 Å². The number of hydrogen-bond acceptors (Lipinski definition) is 4. The zero-order chi connectivity index (χ0) is 16.1. The molecule has 0 aliphatic heterocycles. The van der Waals surface area contributed by atoms with E-state index in [9.17, 15) is 13.2 Å². The molecule has 0 heterocycles. The van der Waals surface area contributed by atoms with Crippen LogP contribution in [-0.4, -0.2) is 25.7 Å². The Morgan fingerprint density at radius 1 is 1.33 bits per heavy atom. The average Bonchev–Trinajstić information content (AvgIpc) is 2.35. The third kappa shape index (κ3) is 6.10. The highest BCUT2D eigenvalue weighted by Gasteiger charge is 2.29. The van der Waals surface area contributed by atoms with Crippen LogP contribution in [-0.2, 0) is 19.6 Å². The predicted octanol–water partition coefficient (Wildman–Crippen LogP) is 2.17. The van der Waals surface area contributed by atoms with E-state index < -0.39 is 27.6 Å². The molecule has 0 amide bonds. The van der Waals surface area contributed by atoms with Gasteiger partial charge in [0.05, 0.1) is 5.75 Å². The summed E-state index contributed by atoms with van der Waals surface area (Å²) in [4.78, 5) is 12.3. The number of hydrogen-bond donors (Lipinski definition) is 1. The number of carbonyl (C=O) groups excluding carboxylic acids is 1. The van der Waals surface area contributed by atoms with E-state index in [0.29, 0.717) is 5.56 Å². The minimum absolute atomic E-state index is 0.265. The van der Waals surface area contributed by atoms with Crippen molar-refractivity contribution >= 4 is 16.0 Å². The van der Waals surface area contributed by atoms with Gasteiger partial charge in [0.2, 0.25) is 10.0 Å². The van der Waals surface area contributed by atoms with Crippen molar-refractivity contribution in [2.24, 2.45) is 0 Å². The number of benzene rings is 1. The van der Waals surface area contributed by atoms with Gasteiger partial charge in [0.15, 0.2) is 0 Å². The third-order valence-corrected chi connectivity index (χ3v) is 3.68. The topological polar surface area (TPSA) is 72.5 Å². The van der Waals surface area contributed by atoms with Gasteiger partial charge in [-0.2, -0.15) is 4.72 Å². The molecule has 0 bridgehead atoms. The van der Waals surface area contributed by atoms with Crippen molar-refractivity contribution in [1.29, 1.82) is 0 Å². The largest absolute Gasteiger partial charge is 0.459 e. The summed E-state index contributed by atoms with van der Waals surface area (Å²) in [5.41, 5.74) is -0.173. The summed E-state index contributed by atoms with van der Waals surface area (Å²) >= 11 is 0. The second kappa shape index (κ2) is 6.87. The van der Waals surface area contributed by atoms with Gasteiger partial charge in [-0.25, -0.2) is 13.2 Å². The lowest BCUT2D eigenvalue weighted by atomic mass is 10.1. The number of carbonyl (C=O) groups is 1. The molecule has 6 heteroatoms. The Hall–Kier alpha value is -1.66. The number of ether oxygens (including phenoxy) is 1. The molecule has 116 valence electrons. The van der Waals surface area contributed by atoms with Crippen LogP contribution in [0, 0.1) is 0 Å². The van der Waals surface area contributed by atoms with Crippen LogP contribution in [0.4, 0.5) is 0 Å². The summed E-state index contributed by atoms with van der Waals surface area (Å²) < 4.78 is 31.4. The maximum absolute atomic E-state index is 12.3. The van der Waals surface area contributed by atoms with Crippen molar-refractivity contribution in [1.82, 2.24) is 4.72 Å². The molecule has 0 aliphatic carbocycles. The van der Waals surface area contributed by atoms with Crippen LogP contribution in [0.25, 0.3) is 0 Å². The molecule has 0 spiro atoms. The number of esters is 1. The van der Waals surface area contributed by atoms with E-state index in [1.807, 2.05) is 0 Å². The molecule has 0 aromatic heterocycles. The SMILES string of the molecule is C=CCS(=O)(=O)N[C@@H](C(=O)OC(C)(C)C)c1ccccc1. The third-order valence-electron chi connectivity index (χ3n) is 2.41. The Kier molecular flexibility index (Phi) is 5.69. The molecule has 1 aromatic rings. The highest BCUT2D eigenvalue weighted by Crippen LogP contribution is 2.19. The fourth-order valence-electron chi connectivity index (χ4n) is 1.64. The van der Waals surface area contributed by atoms with E-state index in [1.165, 1.54) is 6.08 Å². The zero-order valence-corrected chi connectivity index (χ0v) is 13.3. The lowest BCUT2D eigenvalue weighted by molar-refractivity contribution is -0.157. The van der Waals surface area contributed by atoms with Crippen molar-refractivity contribution in [3.63, 3.8) is 0 Å². The van der Waals surface area contributed by atoms with Crippen LogP contribution in [0.3, 0.4) is 0 Å². The van der Waals surface area contributed by atoms with Crippen molar-refractivity contribution in [3.8, 4) is 0 Å². The van der Waals surface area contributed by atoms with Gasteiger partial charge in [0.1, 0.15) is 11.6 Å². The first-order valence-electron chi connectivity index (χ1n) is 6.53. The molecule has 5 nitrogen and oxygen atoms in total. The van der Waals surface area contributed by atoms with Gasteiger partial charge in [-0.05, 0) is 26.3 Å². The highest BCUT2D eigenvalue weighted by molar-refractivity contribution is 7.89. The molecule has 1 atom stereocenters. The summed E-state index contributed by atoms with van der Waals surface area (Å²) in [7, 11) is -3.65. The summed E-state index contributed by atoms with van der Waals surface area (Å²) in [6, 6.07) is 7.52. The fourth-order valence-corrected chi connectivity index (χ4v) is 2.64. The van der Waals surface area contributed by atoms with Crippen molar-refractivity contribution in [3.05, 3.63) is 48.6 Å². The summed E-state index contributed by atoms with van der Waals surface area (Å²) in [6.07, 6.45) is 1.26. The van der Waals surface area contributed by atoms with Crippen LogP contribution in [0.2, 0.25) is 0 Å². The molecule has 0 radical (unpaired) electrons. The quantitative estimate of drug-likeness (QED) is 0.645. The Labute approximate surface area is 126 Å². The van der Waals surface area contributed by atoms with Crippen LogP contribution in [0.15, 0.2) is 43.0 Å². The van der Waals surface area contributed by atoms with E-state index in [4.69, 9.17) is 4.74 Å². The highest BCUT2D eigenvalue weighted by atomic mass is 32.2. The minimum atomic E-state index is -3.65. The van der Waals surface area contributed by atoms with Crippen LogP contribution < -0.4 is 4.72 Å². The number of rotatable bonds is 6. The molecule has 1 rings (SSSR count). The van der Waals surface area contributed by atoms with Crippen LogP contribution in [0.5, 0.6) is 0 Å². The summed E-state index contributed by atoms with van der Waals surface area (Å²) in [5, 5.41) is 0. The molecule has 0 aliphatic rings. The average molecular weight is 311 g/mol. The first kappa shape index (κ1) is 17.4.